The molecule has 10 heteroatoms. The number of aromatic amines is 1. The number of hydrogen-bond donors (Lipinski definition) is 3. The number of benzene rings is 2. The van der Waals surface area contributed by atoms with Gasteiger partial charge < -0.3 is 14.7 Å². The molecule has 1 aliphatic carbocycles. The summed E-state index contributed by atoms with van der Waals surface area (Å²) in [5.41, 5.74) is 4.79. The first-order valence-electron chi connectivity index (χ1n) is 11.4. The second-order valence-electron chi connectivity index (χ2n) is 8.58. The molecule has 10 nitrogen and oxygen atoms in total. The van der Waals surface area contributed by atoms with E-state index in [9.17, 15) is 14.4 Å². The highest BCUT2D eigenvalue weighted by molar-refractivity contribution is 5.94. The Morgan fingerprint density at radius 1 is 1.00 bits per heavy atom. The van der Waals surface area contributed by atoms with Crippen LogP contribution in [0.3, 0.4) is 0 Å². The summed E-state index contributed by atoms with van der Waals surface area (Å²) < 4.78 is 5.52. The fraction of sp³-hybridized carbons (Fsp3) is 0.280. The van der Waals surface area contributed by atoms with Crippen LogP contribution in [0.1, 0.15) is 27.5 Å². The molecule has 180 valence electrons. The first-order chi connectivity index (χ1) is 17.0. The van der Waals surface area contributed by atoms with Crippen LogP contribution in [0.25, 0.3) is 11.1 Å². The van der Waals surface area contributed by atoms with E-state index in [1.807, 2.05) is 36.4 Å². The van der Waals surface area contributed by atoms with Crippen LogP contribution in [-0.4, -0.2) is 82.4 Å². The molecule has 1 aliphatic heterocycles. The summed E-state index contributed by atoms with van der Waals surface area (Å²) in [4.78, 5) is 39.5. The van der Waals surface area contributed by atoms with Crippen molar-refractivity contribution in [3.05, 3.63) is 71.4 Å². The van der Waals surface area contributed by atoms with Crippen molar-refractivity contribution in [1.29, 1.82) is 0 Å². The molecule has 1 fully saturated rings. The van der Waals surface area contributed by atoms with E-state index < -0.39 is 12.1 Å². The van der Waals surface area contributed by atoms with Crippen molar-refractivity contribution in [2.75, 3.05) is 44.6 Å². The van der Waals surface area contributed by atoms with Crippen molar-refractivity contribution in [3.63, 3.8) is 0 Å². The molecule has 0 atom stereocenters. The standard InChI is InChI=1S/C25H25N5O5/c31-23(32)14-29-9-11-30(12-10-29)24(33)21-13-22(28-27-21)26-25(34)35-15-20-18-7-3-1-5-16(18)17-6-2-4-8-19(17)20/h1-8,13,20H,9-12,14-15H2,(H,31,32)(H2,26,27,28,34). The molecule has 0 saturated carbocycles. The van der Waals surface area contributed by atoms with Gasteiger partial charge in [-0.2, -0.15) is 5.10 Å². The van der Waals surface area contributed by atoms with Gasteiger partial charge in [0.05, 0.1) is 6.54 Å². The number of rotatable bonds is 6. The molecule has 35 heavy (non-hydrogen) atoms. The van der Waals surface area contributed by atoms with Crippen molar-refractivity contribution in [1.82, 2.24) is 20.0 Å². The van der Waals surface area contributed by atoms with Crippen LogP contribution >= 0.6 is 0 Å². The average molecular weight is 476 g/mol. The Hall–Kier alpha value is -4.18. The van der Waals surface area contributed by atoms with Crippen molar-refractivity contribution in [3.8, 4) is 11.1 Å². The third-order valence-corrected chi connectivity index (χ3v) is 6.40. The molecule has 3 N–H and O–H groups in total. The molecule has 0 bridgehead atoms. The minimum Gasteiger partial charge on any atom is -0.480 e. The first-order valence-corrected chi connectivity index (χ1v) is 11.4. The Labute approximate surface area is 201 Å². The molecule has 2 amide bonds. The molecule has 1 saturated heterocycles. The number of fused-ring (bicyclic) bond motifs is 3. The number of aliphatic carboxylic acids is 1. The summed E-state index contributed by atoms with van der Waals surface area (Å²) in [6.45, 7) is 1.94. The maximum absolute atomic E-state index is 12.7. The van der Waals surface area contributed by atoms with Gasteiger partial charge >= 0.3 is 12.1 Å². The van der Waals surface area contributed by atoms with Crippen LogP contribution in [-0.2, 0) is 9.53 Å². The first kappa shape index (κ1) is 22.6. The number of ether oxygens (including phenoxy) is 1. The lowest BCUT2D eigenvalue weighted by atomic mass is 9.98. The smallest absolute Gasteiger partial charge is 0.412 e. The molecule has 3 aromatic rings. The number of piperazine rings is 1. The maximum Gasteiger partial charge on any atom is 0.412 e. The Morgan fingerprint density at radius 2 is 1.63 bits per heavy atom. The predicted octanol–water partition coefficient (Wildman–Crippen LogP) is 2.61. The van der Waals surface area contributed by atoms with Gasteiger partial charge in [-0.25, -0.2) is 4.79 Å². The molecular formula is C25H25N5O5. The monoisotopic (exact) mass is 475 g/mol. The zero-order valence-corrected chi connectivity index (χ0v) is 18.9. The largest absolute Gasteiger partial charge is 0.480 e. The fourth-order valence-corrected chi connectivity index (χ4v) is 4.71. The summed E-state index contributed by atoms with van der Waals surface area (Å²) in [7, 11) is 0. The summed E-state index contributed by atoms with van der Waals surface area (Å²) in [6.07, 6.45) is -0.653. The minimum absolute atomic E-state index is 0.0414. The summed E-state index contributed by atoms with van der Waals surface area (Å²) in [5.74, 6) is -1.00. The minimum atomic E-state index is -0.887. The number of carboxylic acid groups (broad SMARTS) is 1. The van der Waals surface area contributed by atoms with E-state index in [4.69, 9.17) is 9.84 Å². The number of carbonyl (C=O) groups excluding carboxylic acids is 2. The SMILES string of the molecule is O=C(O)CN1CCN(C(=O)c2cc(NC(=O)OCC3c4ccccc4-c4ccccc43)n[nH]2)CC1. The summed E-state index contributed by atoms with van der Waals surface area (Å²) in [5, 5.41) is 18.1. The quantitative estimate of drug-likeness (QED) is 0.500. The number of hydrogen-bond acceptors (Lipinski definition) is 6. The van der Waals surface area contributed by atoms with E-state index in [2.05, 4.69) is 27.6 Å². The highest BCUT2D eigenvalue weighted by atomic mass is 16.5. The third-order valence-electron chi connectivity index (χ3n) is 6.40. The van der Waals surface area contributed by atoms with Gasteiger partial charge in [-0.05, 0) is 22.3 Å². The average Bonchev–Trinajstić information content (AvgIpc) is 3.45. The Kier molecular flexibility index (Phi) is 6.19. The Morgan fingerprint density at radius 3 is 2.26 bits per heavy atom. The van der Waals surface area contributed by atoms with E-state index in [1.165, 1.54) is 6.07 Å². The third kappa shape index (κ3) is 4.73. The lowest BCUT2D eigenvalue weighted by molar-refractivity contribution is -0.138. The van der Waals surface area contributed by atoms with Crippen LogP contribution < -0.4 is 5.32 Å². The zero-order chi connectivity index (χ0) is 24.4. The van der Waals surface area contributed by atoms with Crippen LogP contribution in [0.2, 0.25) is 0 Å². The van der Waals surface area contributed by atoms with E-state index in [1.54, 1.807) is 9.80 Å². The number of nitrogens with one attached hydrogen (secondary N) is 2. The van der Waals surface area contributed by atoms with Gasteiger partial charge in [-0.15, -0.1) is 0 Å². The van der Waals surface area contributed by atoms with Gasteiger partial charge in [0.2, 0.25) is 0 Å². The highest BCUT2D eigenvalue weighted by Crippen LogP contribution is 2.44. The van der Waals surface area contributed by atoms with E-state index in [0.29, 0.717) is 26.2 Å². The van der Waals surface area contributed by atoms with Crippen LogP contribution in [0.5, 0.6) is 0 Å². The molecule has 0 radical (unpaired) electrons. The zero-order valence-electron chi connectivity index (χ0n) is 18.9. The van der Waals surface area contributed by atoms with Crippen LogP contribution in [0.15, 0.2) is 54.6 Å². The lowest BCUT2D eigenvalue weighted by Gasteiger charge is -2.33. The van der Waals surface area contributed by atoms with Crippen molar-refractivity contribution in [2.45, 2.75) is 5.92 Å². The van der Waals surface area contributed by atoms with Gasteiger partial charge in [0.25, 0.3) is 5.91 Å². The van der Waals surface area contributed by atoms with E-state index in [-0.39, 0.29) is 36.5 Å². The molecule has 1 aromatic heterocycles. The molecule has 2 aromatic carbocycles. The van der Waals surface area contributed by atoms with E-state index >= 15 is 0 Å². The predicted molar refractivity (Wildman–Crippen MR) is 127 cm³/mol. The molecule has 5 rings (SSSR count). The number of H-pyrrole nitrogens is 1. The fourth-order valence-electron chi connectivity index (χ4n) is 4.71. The number of anilines is 1. The van der Waals surface area contributed by atoms with Crippen LogP contribution in [0.4, 0.5) is 10.6 Å². The van der Waals surface area contributed by atoms with Crippen molar-refractivity contribution < 1.29 is 24.2 Å². The maximum atomic E-state index is 12.7. The van der Waals surface area contributed by atoms with Gasteiger partial charge in [0.15, 0.2) is 5.82 Å². The topological polar surface area (TPSA) is 128 Å². The molecular weight excluding hydrogens is 450 g/mol. The lowest BCUT2D eigenvalue weighted by Crippen LogP contribution is -2.50. The van der Waals surface area contributed by atoms with Gasteiger partial charge in [0.1, 0.15) is 12.3 Å². The van der Waals surface area contributed by atoms with Gasteiger partial charge in [-0.3, -0.25) is 24.9 Å². The molecule has 2 heterocycles. The van der Waals surface area contributed by atoms with E-state index in [0.717, 1.165) is 22.3 Å². The molecule has 0 unspecified atom stereocenters. The van der Waals surface area contributed by atoms with Gasteiger partial charge in [-0.1, -0.05) is 48.5 Å². The molecule has 0 spiro atoms. The Balaban J connectivity index is 1.16. The number of carbonyl (C=O) groups is 3. The Bertz CT molecular complexity index is 1220. The van der Waals surface area contributed by atoms with Crippen molar-refractivity contribution in [2.24, 2.45) is 0 Å². The normalized spacial score (nSPS) is 15.4. The van der Waals surface area contributed by atoms with Gasteiger partial charge in [0, 0.05) is 38.2 Å². The number of aromatic nitrogens is 2. The van der Waals surface area contributed by atoms with Crippen molar-refractivity contribution >= 4 is 23.8 Å². The number of carboxylic acids is 1. The second-order valence-corrected chi connectivity index (χ2v) is 8.58. The van der Waals surface area contributed by atoms with Crippen LogP contribution in [0, 0.1) is 0 Å². The number of amides is 2. The second kappa shape index (κ2) is 9.59. The highest BCUT2D eigenvalue weighted by Gasteiger charge is 2.29. The summed E-state index contributed by atoms with van der Waals surface area (Å²) >= 11 is 0. The number of nitrogens with zero attached hydrogens (tertiary/aromatic N) is 3. The summed E-state index contributed by atoms with van der Waals surface area (Å²) in [6, 6.07) is 17.7. The molecule has 2 aliphatic rings.